The van der Waals surface area contributed by atoms with Crippen molar-refractivity contribution in [2.24, 2.45) is 5.41 Å². The summed E-state index contributed by atoms with van der Waals surface area (Å²) in [6.07, 6.45) is 5.87. The first-order valence-electron chi connectivity index (χ1n) is 8.39. The molecular weight excluding hydrogens is 264 g/mol. The van der Waals surface area contributed by atoms with Gasteiger partial charge in [-0.3, -0.25) is 0 Å². The summed E-state index contributed by atoms with van der Waals surface area (Å²) in [5, 5.41) is 3.62. The van der Waals surface area contributed by atoms with Gasteiger partial charge in [0.05, 0.1) is 0 Å². The van der Waals surface area contributed by atoms with Crippen molar-refractivity contribution in [1.29, 1.82) is 0 Å². The van der Waals surface area contributed by atoms with Crippen molar-refractivity contribution in [1.82, 2.24) is 10.2 Å². The highest BCUT2D eigenvalue weighted by molar-refractivity contribution is 5.69. The third kappa shape index (κ3) is 5.50. The summed E-state index contributed by atoms with van der Waals surface area (Å²) >= 11 is 0. The van der Waals surface area contributed by atoms with Gasteiger partial charge < -0.3 is 15.0 Å². The van der Waals surface area contributed by atoms with Crippen LogP contribution in [0.15, 0.2) is 0 Å². The van der Waals surface area contributed by atoms with Gasteiger partial charge in [-0.25, -0.2) is 4.79 Å². The molecule has 1 N–H and O–H groups in total. The zero-order valence-corrected chi connectivity index (χ0v) is 14.4. The molecule has 122 valence electrons. The Bertz CT molecular complexity index is 369. The summed E-state index contributed by atoms with van der Waals surface area (Å²) in [5.74, 6) is 0. The minimum Gasteiger partial charge on any atom is -0.444 e. The van der Waals surface area contributed by atoms with Crippen LogP contribution in [-0.2, 0) is 4.74 Å². The van der Waals surface area contributed by atoms with Gasteiger partial charge in [-0.05, 0) is 58.3 Å². The van der Waals surface area contributed by atoms with Crippen molar-refractivity contribution in [2.75, 3.05) is 13.1 Å². The number of hydrogen-bond donors (Lipinski definition) is 1. The minimum atomic E-state index is -0.410. The van der Waals surface area contributed by atoms with E-state index in [0.717, 1.165) is 25.9 Å². The molecule has 4 nitrogen and oxygen atoms in total. The van der Waals surface area contributed by atoms with E-state index < -0.39 is 5.60 Å². The molecular formula is C17H32N2O2. The van der Waals surface area contributed by atoms with Crippen LogP contribution in [-0.4, -0.2) is 41.8 Å². The van der Waals surface area contributed by atoms with Gasteiger partial charge in [0.1, 0.15) is 5.60 Å². The molecule has 0 aromatic rings. The first-order valence-corrected chi connectivity index (χ1v) is 8.39. The molecule has 2 rings (SSSR count). The lowest BCUT2D eigenvalue weighted by molar-refractivity contribution is 0.0234. The van der Waals surface area contributed by atoms with Gasteiger partial charge in [0.25, 0.3) is 0 Å². The van der Waals surface area contributed by atoms with Crippen LogP contribution in [0, 0.1) is 5.41 Å². The van der Waals surface area contributed by atoms with E-state index in [1.165, 1.54) is 19.3 Å². The number of nitrogens with zero attached hydrogens (tertiary/aromatic N) is 1. The number of carbonyl (C=O) groups is 1. The molecule has 0 saturated heterocycles. The highest BCUT2D eigenvalue weighted by Gasteiger charge is 2.35. The zero-order valence-electron chi connectivity index (χ0n) is 14.4. The van der Waals surface area contributed by atoms with Crippen LogP contribution in [0.4, 0.5) is 4.79 Å². The zero-order chi connectivity index (χ0) is 15.7. The minimum absolute atomic E-state index is 0.154. The lowest BCUT2D eigenvalue weighted by Gasteiger charge is -2.28. The van der Waals surface area contributed by atoms with Crippen molar-refractivity contribution in [2.45, 2.75) is 84.4 Å². The van der Waals surface area contributed by atoms with E-state index in [9.17, 15) is 4.79 Å². The molecule has 0 heterocycles. The third-order valence-corrected chi connectivity index (χ3v) is 4.37. The highest BCUT2D eigenvalue weighted by atomic mass is 16.6. The molecule has 0 aromatic heterocycles. The van der Waals surface area contributed by atoms with Crippen LogP contribution in [0.2, 0.25) is 0 Å². The number of hydrogen-bond acceptors (Lipinski definition) is 3. The Labute approximate surface area is 129 Å². The molecule has 2 aliphatic carbocycles. The summed E-state index contributed by atoms with van der Waals surface area (Å²) < 4.78 is 5.52. The maximum absolute atomic E-state index is 12.2. The van der Waals surface area contributed by atoms with Gasteiger partial charge in [-0.2, -0.15) is 0 Å². The van der Waals surface area contributed by atoms with E-state index >= 15 is 0 Å². The number of rotatable bonds is 5. The fourth-order valence-electron chi connectivity index (χ4n) is 3.13. The summed E-state index contributed by atoms with van der Waals surface area (Å²) in [4.78, 5) is 14.2. The van der Waals surface area contributed by atoms with Gasteiger partial charge in [0.15, 0.2) is 0 Å². The fraction of sp³-hybridized carbons (Fsp3) is 0.941. The lowest BCUT2D eigenvalue weighted by Crippen LogP contribution is -2.43. The summed E-state index contributed by atoms with van der Waals surface area (Å²) in [6.45, 7) is 12.1. The van der Waals surface area contributed by atoms with Crippen LogP contribution in [0.1, 0.15) is 66.7 Å². The normalized spacial score (nSPS) is 24.9. The summed E-state index contributed by atoms with van der Waals surface area (Å²) in [6, 6.07) is 1.02. The van der Waals surface area contributed by atoms with Gasteiger partial charge in [0.2, 0.25) is 0 Å². The smallest absolute Gasteiger partial charge is 0.410 e. The van der Waals surface area contributed by atoms with E-state index in [2.05, 4.69) is 19.2 Å². The van der Waals surface area contributed by atoms with Crippen LogP contribution >= 0.6 is 0 Å². The van der Waals surface area contributed by atoms with E-state index in [1.54, 1.807) is 0 Å². The van der Waals surface area contributed by atoms with Gasteiger partial charge >= 0.3 is 6.09 Å². The molecule has 2 fully saturated rings. The molecule has 0 spiro atoms. The predicted octanol–water partition coefficient (Wildman–Crippen LogP) is 3.55. The first-order chi connectivity index (χ1) is 9.66. The van der Waals surface area contributed by atoms with Gasteiger partial charge in [-0.1, -0.05) is 13.8 Å². The monoisotopic (exact) mass is 296 g/mol. The van der Waals surface area contributed by atoms with Crippen molar-refractivity contribution in [3.63, 3.8) is 0 Å². The number of carbonyl (C=O) groups excluding carboxylic acids is 1. The van der Waals surface area contributed by atoms with Crippen molar-refractivity contribution in [3.05, 3.63) is 0 Å². The topological polar surface area (TPSA) is 41.6 Å². The maximum Gasteiger partial charge on any atom is 0.410 e. The number of nitrogens with one attached hydrogen (secondary N) is 1. The Kier molecular flexibility index (Phi) is 4.86. The Hall–Kier alpha value is -0.770. The van der Waals surface area contributed by atoms with Gasteiger partial charge in [-0.15, -0.1) is 0 Å². The molecule has 0 aliphatic heterocycles. The highest BCUT2D eigenvalue weighted by Crippen LogP contribution is 2.36. The molecule has 1 atom stereocenters. The molecule has 1 amide bonds. The largest absolute Gasteiger partial charge is 0.444 e. The standard InChI is InChI=1S/C17H32N2O2/c1-16(2,3)21-15(20)19(14-6-7-14)11-10-18-13-8-9-17(4,5)12-13/h13-14,18H,6-12H2,1-5H3. The Morgan fingerprint density at radius 2 is 1.95 bits per heavy atom. The molecule has 1 unspecified atom stereocenters. The van der Waals surface area contributed by atoms with Crippen molar-refractivity contribution < 1.29 is 9.53 Å². The molecule has 2 saturated carbocycles. The molecule has 21 heavy (non-hydrogen) atoms. The van der Waals surface area contributed by atoms with Crippen LogP contribution in [0.25, 0.3) is 0 Å². The second-order valence-electron chi connectivity index (χ2n) is 8.46. The first kappa shape index (κ1) is 16.6. The molecule has 4 heteroatoms. The van der Waals surface area contributed by atoms with Crippen LogP contribution in [0.3, 0.4) is 0 Å². The van der Waals surface area contributed by atoms with Crippen molar-refractivity contribution in [3.8, 4) is 0 Å². The molecule has 0 bridgehead atoms. The van der Waals surface area contributed by atoms with E-state index in [-0.39, 0.29) is 6.09 Å². The summed E-state index contributed by atoms with van der Waals surface area (Å²) in [7, 11) is 0. The van der Waals surface area contributed by atoms with E-state index in [1.807, 2.05) is 25.7 Å². The lowest BCUT2D eigenvalue weighted by atomic mass is 9.92. The molecule has 0 radical (unpaired) electrons. The number of ether oxygens (including phenoxy) is 1. The third-order valence-electron chi connectivity index (χ3n) is 4.37. The maximum atomic E-state index is 12.2. The average molecular weight is 296 g/mol. The fourth-order valence-corrected chi connectivity index (χ4v) is 3.13. The average Bonchev–Trinajstić information content (AvgIpc) is 3.07. The predicted molar refractivity (Wildman–Crippen MR) is 85.4 cm³/mol. The Balaban J connectivity index is 1.75. The van der Waals surface area contributed by atoms with Crippen molar-refractivity contribution >= 4 is 6.09 Å². The summed E-state index contributed by atoms with van der Waals surface area (Å²) in [5.41, 5.74) is 0.0616. The quantitative estimate of drug-likeness (QED) is 0.843. The number of amides is 1. The van der Waals surface area contributed by atoms with E-state index in [4.69, 9.17) is 4.74 Å². The Morgan fingerprint density at radius 1 is 1.29 bits per heavy atom. The Morgan fingerprint density at radius 3 is 2.43 bits per heavy atom. The molecule has 0 aromatic carbocycles. The van der Waals surface area contributed by atoms with Crippen LogP contribution in [0.5, 0.6) is 0 Å². The van der Waals surface area contributed by atoms with Gasteiger partial charge in [0, 0.05) is 25.2 Å². The van der Waals surface area contributed by atoms with Crippen LogP contribution < -0.4 is 5.32 Å². The van der Waals surface area contributed by atoms with E-state index in [0.29, 0.717) is 17.5 Å². The SMILES string of the molecule is CC1(C)CCC(NCCN(C(=O)OC(C)(C)C)C2CC2)C1. The second-order valence-corrected chi connectivity index (χ2v) is 8.46. The molecule has 2 aliphatic rings. The second kappa shape index (κ2) is 6.15.